The Hall–Kier alpha value is -0.650. The Bertz CT molecular complexity index is 116. The summed E-state index contributed by atoms with van der Waals surface area (Å²) in [6, 6.07) is 0. The summed E-state index contributed by atoms with van der Waals surface area (Å²) in [4.78, 5) is 10.8. The third-order valence-corrected chi connectivity index (χ3v) is 0.844. The molecule has 11 heavy (non-hydrogen) atoms. The molecular weight excluding hydrogens is 146 g/mol. The summed E-state index contributed by atoms with van der Waals surface area (Å²) in [7, 11) is 3.47. The number of hydrazine groups is 1. The van der Waals surface area contributed by atoms with Crippen LogP contribution >= 0.6 is 0 Å². The van der Waals surface area contributed by atoms with Crippen LogP contribution in [0.4, 0.5) is 0 Å². The summed E-state index contributed by atoms with van der Waals surface area (Å²) < 4.78 is 4.88. The van der Waals surface area contributed by atoms with Gasteiger partial charge in [0.15, 0.2) is 0 Å². The number of ether oxygens (including phenoxy) is 1. The molecule has 66 valence electrons. The first-order valence-electron chi connectivity index (χ1n) is 3.41. The second kappa shape index (κ2) is 6.09. The van der Waals surface area contributed by atoms with Crippen molar-refractivity contribution in [1.29, 1.82) is 0 Å². The molecule has 0 aliphatic carbocycles. The molecule has 0 heterocycles. The third kappa shape index (κ3) is 7.24. The van der Waals surface area contributed by atoms with Crippen molar-refractivity contribution in [2.75, 3.05) is 33.9 Å². The zero-order valence-corrected chi connectivity index (χ0v) is 6.96. The number of nitrogens with one attached hydrogen (secondary N) is 1. The number of hydrogen-bond acceptors (Lipinski definition) is 4. The van der Waals surface area contributed by atoms with Gasteiger partial charge in [-0.05, 0) is 0 Å². The monoisotopic (exact) mass is 161 g/mol. The maximum atomic E-state index is 10.8. The maximum absolute atomic E-state index is 10.8. The molecule has 0 aromatic heterocycles. The average Bonchev–Trinajstić information content (AvgIpc) is 1.86. The Morgan fingerprint density at radius 1 is 1.64 bits per heavy atom. The van der Waals surface area contributed by atoms with Gasteiger partial charge in [-0.2, -0.15) is 0 Å². The van der Waals surface area contributed by atoms with Gasteiger partial charge in [0, 0.05) is 20.6 Å². The zero-order chi connectivity index (χ0) is 8.69. The number of amides is 1. The fourth-order valence-corrected chi connectivity index (χ4v) is 0.530. The van der Waals surface area contributed by atoms with Crippen molar-refractivity contribution >= 4 is 5.91 Å². The summed E-state index contributed by atoms with van der Waals surface area (Å²) in [5.74, 6) is -0.163. The predicted octanol–water partition coefficient (Wildman–Crippen LogP) is -1.45. The second-order valence-electron chi connectivity index (χ2n) is 2.27. The topological polar surface area (TPSA) is 67.6 Å². The first-order valence-corrected chi connectivity index (χ1v) is 3.41. The van der Waals surface area contributed by atoms with E-state index in [1.54, 1.807) is 19.1 Å². The van der Waals surface area contributed by atoms with Gasteiger partial charge in [-0.15, -0.1) is 0 Å². The van der Waals surface area contributed by atoms with Crippen molar-refractivity contribution in [3.05, 3.63) is 0 Å². The van der Waals surface area contributed by atoms with Crippen LogP contribution in [0.5, 0.6) is 0 Å². The van der Waals surface area contributed by atoms with Crippen molar-refractivity contribution < 1.29 is 9.53 Å². The van der Waals surface area contributed by atoms with Gasteiger partial charge in [-0.1, -0.05) is 0 Å². The second-order valence-corrected chi connectivity index (χ2v) is 2.27. The standard InChI is InChI=1S/C6H15N3O2/c1-9(2)8-6(10)5-11-4-3-7/h3-5,7H2,1-2H3,(H,8,10). The lowest BCUT2D eigenvalue weighted by Gasteiger charge is -2.11. The highest BCUT2D eigenvalue weighted by molar-refractivity contribution is 5.76. The van der Waals surface area contributed by atoms with Crippen LogP contribution in [0.3, 0.4) is 0 Å². The Morgan fingerprint density at radius 2 is 2.27 bits per heavy atom. The van der Waals surface area contributed by atoms with Crippen molar-refractivity contribution in [2.45, 2.75) is 0 Å². The van der Waals surface area contributed by atoms with E-state index in [-0.39, 0.29) is 12.5 Å². The Balaban J connectivity index is 3.23. The van der Waals surface area contributed by atoms with Gasteiger partial charge in [-0.25, -0.2) is 5.01 Å². The van der Waals surface area contributed by atoms with E-state index in [0.717, 1.165) is 0 Å². The molecule has 0 aromatic rings. The lowest BCUT2D eigenvalue weighted by molar-refractivity contribution is -0.129. The fourth-order valence-electron chi connectivity index (χ4n) is 0.530. The summed E-state index contributed by atoms with van der Waals surface area (Å²) >= 11 is 0. The third-order valence-electron chi connectivity index (χ3n) is 0.844. The predicted molar refractivity (Wildman–Crippen MR) is 41.7 cm³/mol. The molecule has 0 atom stereocenters. The van der Waals surface area contributed by atoms with E-state index >= 15 is 0 Å². The van der Waals surface area contributed by atoms with Gasteiger partial charge in [0.2, 0.25) is 0 Å². The minimum Gasteiger partial charge on any atom is -0.370 e. The van der Waals surface area contributed by atoms with Gasteiger partial charge >= 0.3 is 0 Å². The zero-order valence-electron chi connectivity index (χ0n) is 6.96. The summed E-state index contributed by atoms with van der Waals surface area (Å²) in [5, 5.41) is 1.56. The molecule has 0 saturated carbocycles. The summed E-state index contributed by atoms with van der Waals surface area (Å²) in [6.45, 7) is 0.922. The maximum Gasteiger partial charge on any atom is 0.260 e. The van der Waals surface area contributed by atoms with E-state index in [1.165, 1.54) is 0 Å². The molecule has 0 fully saturated rings. The lowest BCUT2D eigenvalue weighted by atomic mass is 10.6. The summed E-state index contributed by atoms with van der Waals surface area (Å²) in [5.41, 5.74) is 7.68. The average molecular weight is 161 g/mol. The van der Waals surface area contributed by atoms with Crippen molar-refractivity contribution in [2.24, 2.45) is 5.73 Å². The number of carbonyl (C=O) groups excluding carboxylic acids is 1. The Labute approximate surface area is 66.5 Å². The van der Waals surface area contributed by atoms with Crippen LogP contribution in [0.1, 0.15) is 0 Å². The molecule has 0 aliphatic rings. The summed E-state index contributed by atoms with van der Waals surface area (Å²) in [6.07, 6.45) is 0. The molecule has 5 heteroatoms. The minimum atomic E-state index is -0.163. The van der Waals surface area contributed by atoms with E-state index in [2.05, 4.69) is 5.43 Å². The first-order chi connectivity index (χ1) is 5.16. The lowest BCUT2D eigenvalue weighted by Crippen LogP contribution is -2.38. The quantitative estimate of drug-likeness (QED) is 0.382. The molecular formula is C6H15N3O2. The van der Waals surface area contributed by atoms with E-state index in [1.807, 2.05) is 0 Å². The molecule has 3 N–H and O–H groups in total. The van der Waals surface area contributed by atoms with Crippen LogP contribution < -0.4 is 11.2 Å². The van der Waals surface area contributed by atoms with E-state index in [9.17, 15) is 4.79 Å². The molecule has 0 aliphatic heterocycles. The number of nitrogens with zero attached hydrogens (tertiary/aromatic N) is 1. The molecule has 5 nitrogen and oxygen atoms in total. The van der Waals surface area contributed by atoms with Gasteiger partial charge < -0.3 is 10.5 Å². The Morgan fingerprint density at radius 3 is 2.73 bits per heavy atom. The van der Waals surface area contributed by atoms with Crippen LogP contribution in [0, 0.1) is 0 Å². The molecule has 0 aromatic carbocycles. The largest absolute Gasteiger partial charge is 0.370 e. The Kier molecular flexibility index (Phi) is 5.73. The van der Waals surface area contributed by atoms with E-state index < -0.39 is 0 Å². The fraction of sp³-hybridized carbons (Fsp3) is 0.833. The number of hydrogen-bond donors (Lipinski definition) is 2. The van der Waals surface area contributed by atoms with Crippen molar-refractivity contribution in [1.82, 2.24) is 10.4 Å². The normalized spacial score (nSPS) is 10.2. The number of rotatable bonds is 5. The van der Waals surface area contributed by atoms with Crippen LogP contribution in [0.2, 0.25) is 0 Å². The molecule has 0 saturated heterocycles. The van der Waals surface area contributed by atoms with Crippen LogP contribution in [-0.4, -0.2) is 44.8 Å². The molecule has 0 bridgehead atoms. The van der Waals surface area contributed by atoms with Gasteiger partial charge in [0.1, 0.15) is 6.61 Å². The highest BCUT2D eigenvalue weighted by Crippen LogP contribution is 1.73. The van der Waals surface area contributed by atoms with Crippen molar-refractivity contribution in [3.8, 4) is 0 Å². The van der Waals surface area contributed by atoms with Gasteiger partial charge in [0.25, 0.3) is 5.91 Å². The highest BCUT2D eigenvalue weighted by atomic mass is 16.5. The van der Waals surface area contributed by atoms with Gasteiger partial charge in [0.05, 0.1) is 6.61 Å². The van der Waals surface area contributed by atoms with Crippen LogP contribution in [0.25, 0.3) is 0 Å². The smallest absolute Gasteiger partial charge is 0.260 e. The highest BCUT2D eigenvalue weighted by Gasteiger charge is 1.99. The first kappa shape index (κ1) is 10.3. The molecule has 0 spiro atoms. The molecule has 0 unspecified atom stereocenters. The SMILES string of the molecule is CN(C)NC(=O)COCCN. The minimum absolute atomic E-state index is 0.0649. The number of nitrogens with two attached hydrogens (primary N) is 1. The van der Waals surface area contributed by atoms with Crippen molar-refractivity contribution in [3.63, 3.8) is 0 Å². The van der Waals surface area contributed by atoms with Crippen LogP contribution in [-0.2, 0) is 9.53 Å². The molecule has 1 amide bonds. The van der Waals surface area contributed by atoms with Crippen LogP contribution in [0.15, 0.2) is 0 Å². The number of carbonyl (C=O) groups is 1. The molecule has 0 radical (unpaired) electrons. The van der Waals surface area contributed by atoms with Gasteiger partial charge in [-0.3, -0.25) is 10.2 Å². The molecule has 0 rings (SSSR count). The van der Waals surface area contributed by atoms with E-state index in [0.29, 0.717) is 13.2 Å². The van der Waals surface area contributed by atoms with E-state index in [4.69, 9.17) is 10.5 Å².